The molecule has 0 aromatic carbocycles. The van der Waals surface area contributed by atoms with Crippen LogP contribution in [-0.4, -0.2) is 38.8 Å². The molecule has 0 saturated heterocycles. The van der Waals surface area contributed by atoms with Crippen molar-refractivity contribution in [1.29, 1.82) is 0 Å². The van der Waals surface area contributed by atoms with Crippen LogP contribution in [0.4, 0.5) is 5.69 Å². The minimum atomic E-state index is -1.52. The van der Waals surface area contributed by atoms with Crippen LogP contribution in [0.2, 0.25) is 5.15 Å². The molecule has 0 spiro atoms. The van der Waals surface area contributed by atoms with Gasteiger partial charge in [0.05, 0.1) is 24.1 Å². The Balaban J connectivity index is 3.02. The van der Waals surface area contributed by atoms with Gasteiger partial charge in [0.2, 0.25) is 5.15 Å². The van der Waals surface area contributed by atoms with Crippen molar-refractivity contribution in [2.24, 2.45) is 0 Å². The Bertz CT molecular complexity index is 551. The standard InChI is InChI=1S/C12H15ClN2O6/c1-3-21-9(17)4-8(16)11(18)7-5-14-12(13)10(6(7)2)15(19)20/h5,8,11,16,18H,3-4H2,1-2H3. The second-order valence-electron chi connectivity index (χ2n) is 4.26. The molecule has 2 N–H and O–H groups in total. The normalized spacial score (nSPS) is 13.6. The molecule has 0 bridgehead atoms. The highest BCUT2D eigenvalue weighted by atomic mass is 35.5. The Morgan fingerprint density at radius 2 is 2.19 bits per heavy atom. The second-order valence-corrected chi connectivity index (χ2v) is 4.61. The molecular weight excluding hydrogens is 304 g/mol. The summed E-state index contributed by atoms with van der Waals surface area (Å²) >= 11 is 5.64. The third-order valence-corrected chi connectivity index (χ3v) is 3.12. The van der Waals surface area contributed by atoms with Gasteiger partial charge in [-0.2, -0.15) is 0 Å². The molecule has 8 nitrogen and oxygen atoms in total. The summed E-state index contributed by atoms with van der Waals surface area (Å²) in [5.74, 6) is -0.682. The lowest BCUT2D eigenvalue weighted by Crippen LogP contribution is -2.24. The van der Waals surface area contributed by atoms with E-state index in [1.807, 2.05) is 0 Å². The molecule has 0 radical (unpaired) electrons. The van der Waals surface area contributed by atoms with Gasteiger partial charge in [0.25, 0.3) is 0 Å². The van der Waals surface area contributed by atoms with Crippen LogP contribution in [0.5, 0.6) is 0 Å². The molecule has 2 unspecified atom stereocenters. The number of nitro groups is 1. The average Bonchev–Trinajstić information content (AvgIpc) is 2.37. The SMILES string of the molecule is CCOC(=O)CC(O)C(O)c1cnc(Cl)c([N+](=O)[O-])c1C. The summed E-state index contributed by atoms with van der Waals surface area (Å²) < 4.78 is 4.65. The summed E-state index contributed by atoms with van der Waals surface area (Å²) in [6, 6.07) is 0. The number of hydrogen-bond donors (Lipinski definition) is 2. The number of aliphatic hydroxyl groups is 2. The van der Waals surface area contributed by atoms with Gasteiger partial charge in [-0.25, -0.2) is 4.98 Å². The number of aromatic nitrogens is 1. The van der Waals surface area contributed by atoms with Gasteiger partial charge < -0.3 is 14.9 Å². The predicted molar refractivity (Wildman–Crippen MR) is 72.9 cm³/mol. The van der Waals surface area contributed by atoms with E-state index in [1.54, 1.807) is 6.92 Å². The van der Waals surface area contributed by atoms with E-state index in [0.29, 0.717) is 0 Å². The quantitative estimate of drug-likeness (QED) is 0.350. The van der Waals surface area contributed by atoms with Crippen molar-refractivity contribution in [3.05, 3.63) is 32.6 Å². The fourth-order valence-corrected chi connectivity index (χ4v) is 2.06. The van der Waals surface area contributed by atoms with E-state index in [-0.39, 0.29) is 22.9 Å². The van der Waals surface area contributed by atoms with Gasteiger partial charge in [-0.1, -0.05) is 11.6 Å². The lowest BCUT2D eigenvalue weighted by molar-refractivity contribution is -0.385. The fourth-order valence-electron chi connectivity index (χ4n) is 1.80. The molecule has 0 aliphatic heterocycles. The van der Waals surface area contributed by atoms with Crippen molar-refractivity contribution in [2.75, 3.05) is 6.61 Å². The van der Waals surface area contributed by atoms with Crippen molar-refractivity contribution < 1.29 is 24.7 Å². The second kappa shape index (κ2) is 7.30. The molecule has 0 aliphatic carbocycles. The maximum absolute atomic E-state index is 11.3. The zero-order chi connectivity index (χ0) is 16.2. The maximum Gasteiger partial charge on any atom is 0.309 e. The first-order valence-electron chi connectivity index (χ1n) is 6.10. The van der Waals surface area contributed by atoms with Crippen LogP contribution in [-0.2, 0) is 9.53 Å². The third-order valence-electron chi connectivity index (χ3n) is 2.85. The zero-order valence-corrected chi connectivity index (χ0v) is 12.2. The zero-order valence-electron chi connectivity index (χ0n) is 11.4. The number of hydrogen-bond acceptors (Lipinski definition) is 7. The van der Waals surface area contributed by atoms with Crippen LogP contribution in [0.1, 0.15) is 30.6 Å². The minimum Gasteiger partial charge on any atom is -0.466 e. The number of halogens is 1. The van der Waals surface area contributed by atoms with E-state index in [1.165, 1.54) is 6.92 Å². The molecule has 1 heterocycles. The molecule has 1 aromatic heterocycles. The Labute approximate surface area is 125 Å². The Kier molecular flexibility index (Phi) is 6.01. The van der Waals surface area contributed by atoms with E-state index < -0.39 is 35.2 Å². The summed E-state index contributed by atoms with van der Waals surface area (Å²) in [6.45, 7) is 3.13. The van der Waals surface area contributed by atoms with Gasteiger partial charge in [-0.05, 0) is 13.8 Å². The van der Waals surface area contributed by atoms with E-state index >= 15 is 0 Å². The molecular formula is C12H15ClN2O6. The van der Waals surface area contributed by atoms with Crippen molar-refractivity contribution in [2.45, 2.75) is 32.5 Å². The third kappa shape index (κ3) is 4.10. The number of rotatable bonds is 6. The molecule has 1 rings (SSSR count). The smallest absolute Gasteiger partial charge is 0.309 e. The summed E-state index contributed by atoms with van der Waals surface area (Å²) in [5.41, 5.74) is -0.338. The summed E-state index contributed by atoms with van der Waals surface area (Å²) in [4.78, 5) is 25.1. The van der Waals surface area contributed by atoms with Crippen molar-refractivity contribution in [3.8, 4) is 0 Å². The highest BCUT2D eigenvalue weighted by Crippen LogP contribution is 2.32. The Morgan fingerprint density at radius 3 is 2.71 bits per heavy atom. The first-order chi connectivity index (χ1) is 9.79. The van der Waals surface area contributed by atoms with Crippen LogP contribution in [0.15, 0.2) is 6.20 Å². The molecule has 0 fully saturated rings. The number of ether oxygens (including phenoxy) is 1. The number of esters is 1. The minimum absolute atomic E-state index is 0.0305. The number of aliphatic hydroxyl groups excluding tert-OH is 2. The Hall–Kier alpha value is -1.77. The highest BCUT2D eigenvalue weighted by molar-refractivity contribution is 6.31. The molecule has 0 aliphatic rings. The average molecular weight is 319 g/mol. The van der Waals surface area contributed by atoms with Crippen LogP contribution < -0.4 is 0 Å². The first kappa shape index (κ1) is 17.3. The number of carbonyl (C=O) groups is 1. The summed E-state index contributed by atoms with van der Waals surface area (Å²) in [6.07, 6.45) is -2.29. The monoisotopic (exact) mass is 318 g/mol. The largest absolute Gasteiger partial charge is 0.466 e. The Morgan fingerprint density at radius 1 is 1.57 bits per heavy atom. The van der Waals surface area contributed by atoms with Gasteiger partial charge in [-0.15, -0.1) is 0 Å². The molecule has 116 valence electrons. The summed E-state index contributed by atoms with van der Waals surface area (Å²) in [5, 5.41) is 30.4. The van der Waals surface area contributed by atoms with Gasteiger partial charge >= 0.3 is 11.7 Å². The molecule has 0 amide bonds. The van der Waals surface area contributed by atoms with E-state index in [2.05, 4.69) is 9.72 Å². The first-order valence-corrected chi connectivity index (χ1v) is 6.48. The lowest BCUT2D eigenvalue weighted by atomic mass is 9.99. The van der Waals surface area contributed by atoms with Crippen LogP contribution in [0.3, 0.4) is 0 Å². The van der Waals surface area contributed by atoms with Crippen molar-refractivity contribution in [3.63, 3.8) is 0 Å². The molecule has 9 heteroatoms. The number of nitrogens with zero attached hydrogens (tertiary/aromatic N) is 2. The van der Waals surface area contributed by atoms with Gasteiger partial charge in [-0.3, -0.25) is 14.9 Å². The van der Waals surface area contributed by atoms with Gasteiger partial charge in [0.15, 0.2) is 0 Å². The van der Waals surface area contributed by atoms with Crippen molar-refractivity contribution >= 4 is 23.3 Å². The molecule has 21 heavy (non-hydrogen) atoms. The van der Waals surface area contributed by atoms with Crippen LogP contribution in [0.25, 0.3) is 0 Å². The van der Waals surface area contributed by atoms with Crippen LogP contribution in [0, 0.1) is 17.0 Å². The lowest BCUT2D eigenvalue weighted by Gasteiger charge is -2.19. The van der Waals surface area contributed by atoms with Gasteiger partial charge in [0, 0.05) is 17.3 Å². The van der Waals surface area contributed by atoms with E-state index in [0.717, 1.165) is 6.20 Å². The molecule has 2 atom stereocenters. The maximum atomic E-state index is 11.3. The number of carbonyl (C=O) groups excluding carboxylic acids is 1. The van der Waals surface area contributed by atoms with Gasteiger partial charge in [0.1, 0.15) is 6.10 Å². The van der Waals surface area contributed by atoms with Crippen molar-refractivity contribution in [1.82, 2.24) is 4.98 Å². The highest BCUT2D eigenvalue weighted by Gasteiger charge is 2.28. The van der Waals surface area contributed by atoms with Crippen LogP contribution >= 0.6 is 11.6 Å². The topological polar surface area (TPSA) is 123 Å². The molecule has 1 aromatic rings. The van der Waals surface area contributed by atoms with E-state index in [4.69, 9.17) is 11.6 Å². The number of pyridine rings is 1. The molecule has 0 saturated carbocycles. The fraction of sp³-hybridized carbons (Fsp3) is 0.500. The summed E-state index contributed by atoms with van der Waals surface area (Å²) in [7, 11) is 0. The predicted octanol–water partition coefficient (Wildman–Crippen LogP) is 1.30. The van der Waals surface area contributed by atoms with E-state index in [9.17, 15) is 25.1 Å².